The molecule has 12 heteroatoms. The normalized spacial score (nSPS) is 11.8. The van der Waals surface area contributed by atoms with Gasteiger partial charge in [-0.2, -0.15) is 13.2 Å². The predicted molar refractivity (Wildman–Crippen MR) is 98.1 cm³/mol. The number of hydrogen-bond donors (Lipinski definition) is 2. The molecule has 0 aliphatic carbocycles. The zero-order valence-electron chi connectivity index (χ0n) is 14.7. The minimum absolute atomic E-state index is 0.156. The molecule has 2 rings (SSSR count). The molecule has 0 aliphatic rings. The smallest absolute Gasteiger partial charge is 0.418 e. The fourth-order valence-electron chi connectivity index (χ4n) is 2.17. The van der Waals surface area contributed by atoms with Crippen molar-refractivity contribution in [3.05, 3.63) is 58.6 Å². The van der Waals surface area contributed by atoms with Crippen LogP contribution >= 0.6 is 11.6 Å². The van der Waals surface area contributed by atoms with Crippen molar-refractivity contribution in [2.75, 3.05) is 19.0 Å². The number of anilines is 1. The molecule has 1 amide bonds. The van der Waals surface area contributed by atoms with Gasteiger partial charge in [-0.25, -0.2) is 17.9 Å². The highest BCUT2D eigenvalue weighted by Crippen LogP contribution is 2.36. The second-order valence-electron chi connectivity index (χ2n) is 5.55. The quantitative estimate of drug-likeness (QED) is 0.659. The molecule has 0 unspecified atom stereocenters. The molecule has 0 spiro atoms. The fourth-order valence-corrected chi connectivity index (χ4v) is 3.12. The Hall–Kier alpha value is -2.63. The maximum absolute atomic E-state index is 13.0. The third-order valence-corrected chi connectivity index (χ3v) is 5.19. The first kappa shape index (κ1) is 22.7. The van der Waals surface area contributed by atoms with Crippen LogP contribution in [0.2, 0.25) is 5.02 Å². The third kappa shape index (κ3) is 5.92. The van der Waals surface area contributed by atoms with E-state index in [0.717, 1.165) is 18.2 Å². The highest BCUT2D eigenvalue weighted by molar-refractivity contribution is 7.89. The van der Waals surface area contributed by atoms with E-state index >= 15 is 0 Å². The first-order valence-corrected chi connectivity index (χ1v) is 9.67. The summed E-state index contributed by atoms with van der Waals surface area (Å²) in [5.41, 5.74) is -1.86. The Labute approximate surface area is 168 Å². The molecular formula is C17H14ClF3N2O5S. The molecule has 0 bridgehead atoms. The summed E-state index contributed by atoms with van der Waals surface area (Å²) in [6.45, 7) is -0.887. The summed E-state index contributed by atoms with van der Waals surface area (Å²) < 4.78 is 69.4. The van der Waals surface area contributed by atoms with Crippen LogP contribution in [0.3, 0.4) is 0 Å². The van der Waals surface area contributed by atoms with Crippen molar-refractivity contribution >= 4 is 39.2 Å². The highest BCUT2D eigenvalue weighted by atomic mass is 35.5. The van der Waals surface area contributed by atoms with E-state index in [1.807, 2.05) is 5.32 Å². The molecule has 0 radical (unpaired) electrons. The summed E-state index contributed by atoms with van der Waals surface area (Å²) in [4.78, 5) is 23.7. The molecule has 0 fully saturated rings. The first-order valence-electron chi connectivity index (χ1n) is 7.81. The van der Waals surface area contributed by atoms with Gasteiger partial charge in [0, 0.05) is 5.02 Å². The monoisotopic (exact) mass is 450 g/mol. The van der Waals surface area contributed by atoms with E-state index in [-0.39, 0.29) is 15.5 Å². The maximum Gasteiger partial charge on any atom is 0.418 e. The van der Waals surface area contributed by atoms with Crippen LogP contribution in [0.15, 0.2) is 47.4 Å². The summed E-state index contributed by atoms with van der Waals surface area (Å²) in [6.07, 6.45) is -4.76. The molecule has 2 aromatic carbocycles. The van der Waals surface area contributed by atoms with Crippen molar-refractivity contribution in [3.63, 3.8) is 0 Å². The van der Waals surface area contributed by atoms with E-state index < -0.39 is 45.9 Å². The number of esters is 1. The Balaban J connectivity index is 2.07. The van der Waals surface area contributed by atoms with Crippen molar-refractivity contribution < 1.29 is 35.9 Å². The van der Waals surface area contributed by atoms with Crippen LogP contribution in [0.5, 0.6) is 0 Å². The van der Waals surface area contributed by atoms with Crippen LogP contribution in [0.1, 0.15) is 15.9 Å². The van der Waals surface area contributed by atoms with Crippen LogP contribution in [-0.2, 0) is 25.7 Å². The summed E-state index contributed by atoms with van der Waals surface area (Å²) in [7, 11) is -2.61. The van der Waals surface area contributed by atoms with Crippen LogP contribution in [0.4, 0.5) is 18.9 Å². The minimum atomic E-state index is -4.76. The fraction of sp³-hybridized carbons (Fsp3) is 0.176. The van der Waals surface area contributed by atoms with Gasteiger partial charge in [-0.05, 0) is 43.4 Å². The van der Waals surface area contributed by atoms with Crippen LogP contribution < -0.4 is 10.0 Å². The molecule has 29 heavy (non-hydrogen) atoms. The number of rotatable bonds is 6. The number of benzene rings is 2. The number of amides is 1. The molecule has 7 nitrogen and oxygen atoms in total. The van der Waals surface area contributed by atoms with Crippen molar-refractivity contribution in [2.45, 2.75) is 11.1 Å². The van der Waals surface area contributed by atoms with Crippen molar-refractivity contribution in [1.29, 1.82) is 0 Å². The molecule has 0 saturated heterocycles. The molecule has 2 N–H and O–H groups in total. The van der Waals surface area contributed by atoms with Gasteiger partial charge in [-0.3, -0.25) is 4.79 Å². The number of carbonyl (C=O) groups is 2. The lowest BCUT2D eigenvalue weighted by atomic mass is 10.1. The van der Waals surface area contributed by atoms with Crippen molar-refractivity contribution in [2.24, 2.45) is 0 Å². The molecule has 0 heterocycles. The van der Waals surface area contributed by atoms with Gasteiger partial charge in [0.05, 0.1) is 21.7 Å². The van der Waals surface area contributed by atoms with E-state index in [1.54, 1.807) is 0 Å². The highest BCUT2D eigenvalue weighted by Gasteiger charge is 2.34. The standard InChI is InChI=1S/C17H14ClF3N2O5S/c1-22-29(26,27)12-4-2-3-10(7-12)16(25)28-9-15(24)23-14-6-5-11(18)8-13(14)17(19,20)21/h2-8,22H,9H2,1H3,(H,23,24). The second-order valence-corrected chi connectivity index (χ2v) is 7.87. The Morgan fingerprint density at radius 2 is 1.83 bits per heavy atom. The largest absolute Gasteiger partial charge is 0.452 e. The predicted octanol–water partition coefficient (Wildman–Crippen LogP) is 3.06. The van der Waals surface area contributed by atoms with Crippen LogP contribution in [0, 0.1) is 0 Å². The van der Waals surface area contributed by atoms with Gasteiger partial charge in [-0.15, -0.1) is 0 Å². The van der Waals surface area contributed by atoms with Gasteiger partial charge in [0.15, 0.2) is 6.61 Å². The maximum atomic E-state index is 13.0. The Bertz CT molecular complexity index is 1040. The lowest BCUT2D eigenvalue weighted by Crippen LogP contribution is -2.23. The first-order chi connectivity index (χ1) is 13.4. The van der Waals surface area contributed by atoms with E-state index in [0.29, 0.717) is 6.07 Å². The third-order valence-electron chi connectivity index (χ3n) is 3.54. The Morgan fingerprint density at radius 1 is 1.14 bits per heavy atom. The zero-order chi connectivity index (χ0) is 21.8. The molecule has 0 atom stereocenters. The number of nitrogens with one attached hydrogen (secondary N) is 2. The van der Waals surface area contributed by atoms with Crippen LogP contribution in [0.25, 0.3) is 0 Å². The zero-order valence-corrected chi connectivity index (χ0v) is 16.3. The molecule has 2 aromatic rings. The van der Waals surface area contributed by atoms with Gasteiger partial charge in [0.1, 0.15) is 0 Å². The Kier molecular flexibility index (Phi) is 6.88. The van der Waals surface area contributed by atoms with Gasteiger partial charge < -0.3 is 10.1 Å². The molecular weight excluding hydrogens is 437 g/mol. The number of alkyl halides is 3. The minimum Gasteiger partial charge on any atom is -0.452 e. The average molecular weight is 451 g/mol. The van der Waals surface area contributed by atoms with E-state index in [2.05, 4.69) is 4.72 Å². The van der Waals surface area contributed by atoms with Gasteiger partial charge in [-0.1, -0.05) is 17.7 Å². The number of ether oxygens (including phenoxy) is 1. The summed E-state index contributed by atoms with van der Waals surface area (Å²) >= 11 is 5.56. The van der Waals surface area contributed by atoms with Crippen molar-refractivity contribution in [3.8, 4) is 0 Å². The molecule has 0 aromatic heterocycles. The average Bonchev–Trinajstić information content (AvgIpc) is 2.66. The van der Waals surface area contributed by atoms with Crippen molar-refractivity contribution in [1.82, 2.24) is 4.72 Å². The van der Waals surface area contributed by atoms with Gasteiger partial charge >= 0.3 is 12.1 Å². The number of sulfonamides is 1. The second kappa shape index (κ2) is 8.80. The topological polar surface area (TPSA) is 102 Å². The van der Waals surface area contributed by atoms with E-state index in [9.17, 15) is 31.2 Å². The summed E-state index contributed by atoms with van der Waals surface area (Å²) in [5, 5.41) is 1.83. The Morgan fingerprint density at radius 3 is 2.45 bits per heavy atom. The molecule has 0 saturated carbocycles. The summed E-state index contributed by atoms with van der Waals surface area (Å²) in [6, 6.07) is 7.61. The lowest BCUT2D eigenvalue weighted by Gasteiger charge is -2.14. The molecule has 0 aliphatic heterocycles. The summed E-state index contributed by atoms with van der Waals surface area (Å²) in [5.74, 6) is -2.05. The van der Waals surface area contributed by atoms with E-state index in [4.69, 9.17) is 16.3 Å². The van der Waals surface area contributed by atoms with Crippen LogP contribution in [-0.4, -0.2) is 33.9 Å². The number of carbonyl (C=O) groups excluding carboxylic acids is 2. The lowest BCUT2D eigenvalue weighted by molar-refractivity contribution is -0.137. The van der Waals surface area contributed by atoms with Gasteiger partial charge in [0.25, 0.3) is 5.91 Å². The number of halogens is 4. The number of hydrogen-bond acceptors (Lipinski definition) is 5. The molecule has 156 valence electrons. The van der Waals surface area contributed by atoms with Gasteiger partial charge in [0.2, 0.25) is 10.0 Å². The SMILES string of the molecule is CNS(=O)(=O)c1cccc(C(=O)OCC(=O)Nc2ccc(Cl)cc2C(F)(F)F)c1. The van der Waals surface area contributed by atoms with E-state index in [1.165, 1.54) is 25.2 Å².